The Morgan fingerprint density at radius 2 is 0.895 bits per heavy atom. The number of nitrogens with zero attached hydrogens (tertiary/aromatic N) is 6. The van der Waals surface area contributed by atoms with Gasteiger partial charge in [-0.2, -0.15) is 10.5 Å². The van der Waals surface area contributed by atoms with Gasteiger partial charge in [-0.25, -0.2) is 4.85 Å². The molecule has 0 bridgehead atoms. The zero-order valence-corrected chi connectivity index (χ0v) is 30.3. The van der Waals surface area contributed by atoms with Crippen LogP contribution in [0.15, 0.2) is 170 Å². The first-order valence-electron chi connectivity index (χ1n) is 18.7. The van der Waals surface area contributed by atoms with Crippen LogP contribution in [-0.2, 0) is 0 Å². The summed E-state index contributed by atoms with van der Waals surface area (Å²) in [5.74, 6) is 0. The molecular weight excluding hydrogens is 697 g/mol. The minimum Gasteiger partial charge on any atom is -0.309 e. The van der Waals surface area contributed by atoms with Gasteiger partial charge in [0.1, 0.15) is 0 Å². The first-order valence-corrected chi connectivity index (χ1v) is 18.7. The Hall–Kier alpha value is -8.37. The smallest absolute Gasteiger partial charge is 0.188 e. The molecule has 3 aromatic heterocycles. The van der Waals surface area contributed by atoms with Crippen molar-refractivity contribution in [2.75, 3.05) is 0 Å². The van der Waals surface area contributed by atoms with Crippen molar-refractivity contribution in [3.8, 4) is 40.3 Å². The van der Waals surface area contributed by atoms with Crippen molar-refractivity contribution < 1.29 is 0 Å². The molecule has 0 N–H and O–H groups in total. The van der Waals surface area contributed by atoms with Crippen LogP contribution in [0.2, 0.25) is 0 Å². The molecular formula is C51H28N6. The lowest BCUT2D eigenvalue weighted by Crippen LogP contribution is -1.97. The van der Waals surface area contributed by atoms with Gasteiger partial charge in [-0.05, 0) is 108 Å². The van der Waals surface area contributed by atoms with E-state index in [1.807, 2.05) is 60.7 Å². The number of nitriles is 2. The van der Waals surface area contributed by atoms with E-state index in [0.29, 0.717) is 16.8 Å². The largest absolute Gasteiger partial charge is 0.309 e. The molecule has 0 radical (unpaired) electrons. The third kappa shape index (κ3) is 4.81. The average Bonchev–Trinajstić information content (AvgIpc) is 3.91. The molecule has 262 valence electrons. The van der Waals surface area contributed by atoms with Crippen molar-refractivity contribution in [2.24, 2.45) is 0 Å². The van der Waals surface area contributed by atoms with Crippen LogP contribution in [-0.4, -0.2) is 13.7 Å². The van der Waals surface area contributed by atoms with Crippen LogP contribution >= 0.6 is 0 Å². The van der Waals surface area contributed by atoms with Gasteiger partial charge in [-0.15, -0.1) is 0 Å². The number of para-hydroxylation sites is 3. The molecule has 0 amide bonds. The first-order chi connectivity index (χ1) is 28.1. The van der Waals surface area contributed by atoms with Gasteiger partial charge >= 0.3 is 0 Å². The van der Waals surface area contributed by atoms with Gasteiger partial charge in [0.2, 0.25) is 0 Å². The summed E-state index contributed by atoms with van der Waals surface area (Å²) in [7, 11) is 0. The lowest BCUT2D eigenvalue weighted by Gasteiger charge is -2.13. The van der Waals surface area contributed by atoms with Crippen LogP contribution in [0.3, 0.4) is 0 Å². The maximum Gasteiger partial charge on any atom is 0.188 e. The molecule has 11 aromatic rings. The highest BCUT2D eigenvalue weighted by Gasteiger charge is 2.19. The van der Waals surface area contributed by atoms with Crippen LogP contribution in [0.1, 0.15) is 11.1 Å². The molecule has 0 fully saturated rings. The molecule has 8 aromatic carbocycles. The molecule has 0 saturated carbocycles. The standard InChI is InChI=1S/C51H28N6/c1-54-36-17-22-49-44(28-36)45-29-38(56-48-13-7-4-10-42(48)43-21-14-32(30-52)26-51(43)56)20-23-50(45)57(49)39-25-33(31-53)24-35(27-39)34-15-18-37(19-16-34)55-46-11-5-2-8-40(46)41-9-3-6-12-47(41)55/h2-29H. The molecule has 0 unspecified atom stereocenters. The van der Waals surface area contributed by atoms with Crippen molar-refractivity contribution in [3.63, 3.8) is 0 Å². The molecule has 6 heteroatoms. The summed E-state index contributed by atoms with van der Waals surface area (Å²) in [5.41, 5.74) is 12.7. The number of hydrogen-bond donors (Lipinski definition) is 0. The molecule has 0 saturated heterocycles. The molecule has 0 aliphatic rings. The Bertz CT molecular complexity index is 3560. The Kier molecular flexibility index (Phi) is 6.95. The summed E-state index contributed by atoms with van der Waals surface area (Å²) in [6.07, 6.45) is 0. The number of hydrogen-bond acceptors (Lipinski definition) is 2. The van der Waals surface area contributed by atoms with Gasteiger partial charge in [-0.1, -0.05) is 78.9 Å². The van der Waals surface area contributed by atoms with Gasteiger partial charge in [0.05, 0.1) is 62.9 Å². The fraction of sp³-hybridized carbons (Fsp3) is 0. The van der Waals surface area contributed by atoms with Gasteiger partial charge in [0.25, 0.3) is 0 Å². The van der Waals surface area contributed by atoms with Crippen molar-refractivity contribution in [1.29, 1.82) is 10.5 Å². The van der Waals surface area contributed by atoms with E-state index in [9.17, 15) is 10.5 Å². The van der Waals surface area contributed by atoms with E-state index < -0.39 is 0 Å². The average molecular weight is 725 g/mol. The highest BCUT2D eigenvalue weighted by Crippen LogP contribution is 2.40. The lowest BCUT2D eigenvalue weighted by molar-refractivity contribution is 1.16. The molecule has 3 heterocycles. The highest BCUT2D eigenvalue weighted by molar-refractivity contribution is 6.13. The van der Waals surface area contributed by atoms with Crippen LogP contribution in [0.25, 0.3) is 98.5 Å². The van der Waals surface area contributed by atoms with Crippen LogP contribution < -0.4 is 0 Å². The van der Waals surface area contributed by atoms with E-state index in [4.69, 9.17) is 6.57 Å². The van der Waals surface area contributed by atoms with Gasteiger partial charge in [0, 0.05) is 44.0 Å². The Morgan fingerprint density at radius 3 is 1.53 bits per heavy atom. The Balaban J connectivity index is 1.09. The number of aromatic nitrogens is 3. The SMILES string of the molecule is [C-]#[N+]c1ccc2c(c1)c1cc(-n3c4ccccc4c4ccc(C#N)cc43)ccc1n2-c1cc(C#N)cc(-c2ccc(-n3c4ccccc4c4ccccc43)cc2)c1. The van der Waals surface area contributed by atoms with Crippen LogP contribution in [0.5, 0.6) is 0 Å². The Labute approximate surface area is 326 Å². The second-order valence-corrected chi connectivity index (χ2v) is 14.3. The van der Waals surface area contributed by atoms with Crippen LogP contribution in [0, 0.1) is 29.2 Å². The van der Waals surface area contributed by atoms with E-state index in [-0.39, 0.29) is 0 Å². The maximum absolute atomic E-state index is 10.3. The molecule has 0 atom stereocenters. The van der Waals surface area contributed by atoms with E-state index in [1.165, 1.54) is 10.8 Å². The van der Waals surface area contributed by atoms with Gasteiger partial charge in [0.15, 0.2) is 5.69 Å². The summed E-state index contributed by atoms with van der Waals surface area (Å²) in [6, 6.07) is 62.6. The third-order valence-corrected chi connectivity index (χ3v) is 11.3. The fourth-order valence-corrected chi connectivity index (χ4v) is 8.78. The molecule has 0 aliphatic carbocycles. The highest BCUT2D eigenvalue weighted by atomic mass is 15.0. The van der Waals surface area contributed by atoms with E-state index in [0.717, 1.165) is 82.8 Å². The summed E-state index contributed by atoms with van der Waals surface area (Å²) < 4.78 is 6.71. The predicted molar refractivity (Wildman–Crippen MR) is 231 cm³/mol. The van der Waals surface area contributed by atoms with Crippen LogP contribution in [0.4, 0.5) is 5.69 Å². The molecule has 6 nitrogen and oxygen atoms in total. The maximum atomic E-state index is 10.3. The second kappa shape index (κ2) is 12.3. The summed E-state index contributed by atoms with van der Waals surface area (Å²) >= 11 is 0. The van der Waals surface area contributed by atoms with Crippen molar-refractivity contribution >= 4 is 71.1 Å². The Morgan fingerprint density at radius 1 is 0.368 bits per heavy atom. The van der Waals surface area contributed by atoms with Crippen molar-refractivity contribution in [1.82, 2.24) is 13.7 Å². The fourth-order valence-electron chi connectivity index (χ4n) is 8.78. The lowest BCUT2D eigenvalue weighted by atomic mass is 10.0. The van der Waals surface area contributed by atoms with E-state index in [2.05, 4.69) is 140 Å². The topological polar surface area (TPSA) is 66.7 Å². The van der Waals surface area contributed by atoms with Crippen molar-refractivity contribution in [3.05, 3.63) is 192 Å². The zero-order valence-electron chi connectivity index (χ0n) is 30.3. The normalized spacial score (nSPS) is 11.5. The van der Waals surface area contributed by atoms with Crippen molar-refractivity contribution in [2.45, 2.75) is 0 Å². The summed E-state index contributed by atoms with van der Waals surface area (Å²) in [4.78, 5) is 3.78. The predicted octanol–water partition coefficient (Wildman–Crippen LogP) is 12.9. The van der Waals surface area contributed by atoms with Gasteiger partial charge < -0.3 is 13.7 Å². The molecule has 0 aliphatic heterocycles. The number of rotatable bonds is 4. The minimum atomic E-state index is 0.553. The second-order valence-electron chi connectivity index (χ2n) is 14.3. The third-order valence-electron chi connectivity index (χ3n) is 11.3. The molecule has 11 rings (SSSR count). The minimum absolute atomic E-state index is 0.553. The monoisotopic (exact) mass is 724 g/mol. The van der Waals surface area contributed by atoms with Gasteiger partial charge in [-0.3, -0.25) is 0 Å². The molecule has 57 heavy (non-hydrogen) atoms. The number of benzene rings is 8. The zero-order chi connectivity index (χ0) is 38.2. The summed E-state index contributed by atoms with van der Waals surface area (Å²) in [5, 5.41) is 26.7. The van der Waals surface area contributed by atoms with E-state index in [1.54, 1.807) is 0 Å². The molecule has 0 spiro atoms. The van der Waals surface area contributed by atoms with E-state index >= 15 is 0 Å². The quantitative estimate of drug-likeness (QED) is 0.170. The summed E-state index contributed by atoms with van der Waals surface area (Å²) in [6.45, 7) is 7.84. The number of fused-ring (bicyclic) bond motifs is 9. The first kappa shape index (κ1) is 32.1.